The Morgan fingerprint density at radius 1 is 0.479 bits per heavy atom. The van der Waals surface area contributed by atoms with Gasteiger partial charge in [-0.25, -0.2) is 0 Å². The molecule has 0 aliphatic carbocycles. The van der Waals surface area contributed by atoms with E-state index in [1.165, 1.54) is 231 Å². The van der Waals surface area contributed by atoms with Crippen LogP contribution in [0.3, 0.4) is 0 Å². The van der Waals surface area contributed by atoms with Crippen LogP contribution in [0.1, 0.15) is 296 Å². The number of ether oxygens (including phenoxy) is 2. The van der Waals surface area contributed by atoms with E-state index >= 15 is 0 Å². The summed E-state index contributed by atoms with van der Waals surface area (Å²) in [4.78, 5) is 13.1. The molecule has 0 aromatic carbocycles. The third-order valence-corrected chi connectivity index (χ3v) is 14.7. The molecule has 1 amide bonds. The Hall–Kier alpha value is -1.59. The molecule has 7 atom stereocenters. The molecule has 6 N–H and O–H groups in total. The molecule has 1 rings (SSSR count). The third-order valence-electron chi connectivity index (χ3n) is 14.7. The van der Waals surface area contributed by atoms with Gasteiger partial charge < -0.3 is 40.3 Å². The quantitative estimate of drug-likeness (QED) is 0.0261. The van der Waals surface area contributed by atoms with Gasteiger partial charge in [0.1, 0.15) is 24.4 Å². The van der Waals surface area contributed by atoms with Crippen LogP contribution in [0.15, 0.2) is 36.5 Å². The van der Waals surface area contributed by atoms with Crippen molar-refractivity contribution in [3.8, 4) is 0 Å². The van der Waals surface area contributed by atoms with Gasteiger partial charge in [0.05, 0.1) is 25.4 Å². The molecule has 0 bridgehead atoms. The van der Waals surface area contributed by atoms with E-state index in [4.69, 9.17) is 9.47 Å². The van der Waals surface area contributed by atoms with E-state index in [0.29, 0.717) is 6.42 Å². The molecule has 0 radical (unpaired) electrons. The molecule has 1 saturated heterocycles. The van der Waals surface area contributed by atoms with Crippen molar-refractivity contribution >= 4 is 5.91 Å². The van der Waals surface area contributed by atoms with Crippen molar-refractivity contribution in [2.75, 3.05) is 13.2 Å². The molecule has 9 heteroatoms. The number of aliphatic hydroxyl groups excluding tert-OH is 5. The number of allylic oxidation sites excluding steroid dienone is 5. The highest BCUT2D eigenvalue weighted by atomic mass is 16.7. The first kappa shape index (κ1) is 67.4. The second-order valence-corrected chi connectivity index (χ2v) is 21.5. The van der Waals surface area contributed by atoms with Crippen molar-refractivity contribution in [3.05, 3.63) is 36.5 Å². The first-order valence-corrected chi connectivity index (χ1v) is 30.7. The average Bonchev–Trinajstić information content (AvgIpc) is 3.37. The van der Waals surface area contributed by atoms with Crippen molar-refractivity contribution in [1.29, 1.82) is 0 Å². The average molecular weight is 1000 g/mol. The van der Waals surface area contributed by atoms with Gasteiger partial charge in [0.15, 0.2) is 6.29 Å². The summed E-state index contributed by atoms with van der Waals surface area (Å²) >= 11 is 0. The Morgan fingerprint density at radius 2 is 0.831 bits per heavy atom. The lowest BCUT2D eigenvalue weighted by molar-refractivity contribution is -0.302. The van der Waals surface area contributed by atoms with Crippen molar-refractivity contribution in [1.82, 2.24) is 5.32 Å². The fourth-order valence-corrected chi connectivity index (χ4v) is 9.84. The van der Waals surface area contributed by atoms with Crippen molar-refractivity contribution < 1.29 is 39.8 Å². The van der Waals surface area contributed by atoms with Crippen molar-refractivity contribution in [3.63, 3.8) is 0 Å². The molecule has 9 nitrogen and oxygen atoms in total. The fraction of sp³-hybridized carbons (Fsp3) is 0.887. The van der Waals surface area contributed by atoms with Crippen LogP contribution in [0, 0.1) is 0 Å². The summed E-state index contributed by atoms with van der Waals surface area (Å²) in [6.07, 6.45) is 60.7. The van der Waals surface area contributed by atoms with Crippen LogP contribution in [0.25, 0.3) is 0 Å². The summed E-state index contributed by atoms with van der Waals surface area (Å²) in [6, 6.07) is -0.808. The molecule has 0 spiro atoms. The number of nitrogens with one attached hydrogen (secondary N) is 1. The molecular formula is C62H117NO8. The van der Waals surface area contributed by atoms with Gasteiger partial charge in [0, 0.05) is 6.42 Å². The molecule has 0 aromatic heterocycles. The topological polar surface area (TPSA) is 149 Å². The van der Waals surface area contributed by atoms with E-state index in [-0.39, 0.29) is 12.5 Å². The molecular weight excluding hydrogens is 887 g/mol. The van der Waals surface area contributed by atoms with Crippen LogP contribution < -0.4 is 5.32 Å². The minimum atomic E-state index is -1.57. The predicted molar refractivity (Wildman–Crippen MR) is 300 cm³/mol. The van der Waals surface area contributed by atoms with Crippen LogP contribution >= 0.6 is 0 Å². The summed E-state index contributed by atoms with van der Waals surface area (Å²) in [6.45, 7) is 3.81. The molecule has 0 saturated carbocycles. The van der Waals surface area contributed by atoms with Gasteiger partial charge in [0.2, 0.25) is 5.91 Å². The summed E-state index contributed by atoms with van der Waals surface area (Å²) in [5, 5.41) is 54.6. The molecule has 71 heavy (non-hydrogen) atoms. The maximum atomic E-state index is 13.1. The zero-order chi connectivity index (χ0) is 51.5. The SMILES string of the molecule is CCCCCCCCCCC/C=C\C/C=C\CCCCCCCCCCCC(=O)NC(COC1OC(CO)C(O)C(O)C1O)C(O)/C=C/CCCCCCCCCCCCCCCCCCCCCCC. The summed E-state index contributed by atoms with van der Waals surface area (Å²) in [5.74, 6) is -0.177. The Morgan fingerprint density at radius 3 is 1.21 bits per heavy atom. The number of aliphatic hydroxyl groups is 5. The number of hydrogen-bond donors (Lipinski definition) is 6. The Kier molecular flexibility index (Phi) is 49.3. The molecule has 1 aliphatic rings. The highest BCUT2D eigenvalue weighted by Gasteiger charge is 2.44. The second kappa shape index (κ2) is 51.9. The minimum absolute atomic E-state index is 0.177. The van der Waals surface area contributed by atoms with E-state index in [1.807, 2.05) is 6.08 Å². The zero-order valence-electron chi connectivity index (χ0n) is 46.5. The number of carbonyl (C=O) groups is 1. The van der Waals surface area contributed by atoms with Crippen molar-refractivity contribution in [2.45, 2.75) is 339 Å². The molecule has 1 aliphatic heterocycles. The Bertz CT molecular complexity index is 1210. The highest BCUT2D eigenvalue weighted by molar-refractivity contribution is 5.76. The van der Waals surface area contributed by atoms with Gasteiger partial charge >= 0.3 is 0 Å². The smallest absolute Gasteiger partial charge is 0.220 e. The van der Waals surface area contributed by atoms with E-state index in [1.54, 1.807) is 6.08 Å². The van der Waals surface area contributed by atoms with Crippen LogP contribution in [0.2, 0.25) is 0 Å². The second-order valence-electron chi connectivity index (χ2n) is 21.5. The summed E-state index contributed by atoms with van der Waals surface area (Å²) < 4.78 is 11.3. The predicted octanol–water partition coefficient (Wildman–Crippen LogP) is 15.5. The lowest BCUT2D eigenvalue weighted by atomic mass is 9.99. The highest BCUT2D eigenvalue weighted by Crippen LogP contribution is 2.23. The first-order chi connectivity index (χ1) is 34.8. The van der Waals surface area contributed by atoms with Crippen LogP contribution in [0.5, 0.6) is 0 Å². The summed E-state index contributed by atoms with van der Waals surface area (Å²) in [5.41, 5.74) is 0. The van der Waals surface area contributed by atoms with Crippen LogP contribution in [-0.2, 0) is 14.3 Å². The van der Waals surface area contributed by atoms with Crippen LogP contribution in [0.4, 0.5) is 0 Å². The monoisotopic (exact) mass is 1000 g/mol. The zero-order valence-corrected chi connectivity index (χ0v) is 46.5. The van der Waals surface area contributed by atoms with Crippen molar-refractivity contribution in [2.24, 2.45) is 0 Å². The number of rotatable bonds is 53. The van der Waals surface area contributed by atoms with Crippen LogP contribution in [-0.4, -0.2) is 87.5 Å². The summed E-state index contributed by atoms with van der Waals surface area (Å²) in [7, 11) is 0. The number of carbonyl (C=O) groups excluding carboxylic acids is 1. The van der Waals surface area contributed by atoms with E-state index in [0.717, 1.165) is 44.9 Å². The number of hydrogen-bond acceptors (Lipinski definition) is 8. The van der Waals surface area contributed by atoms with Gasteiger partial charge in [-0.15, -0.1) is 0 Å². The first-order valence-electron chi connectivity index (χ1n) is 30.7. The van der Waals surface area contributed by atoms with E-state index < -0.39 is 49.5 Å². The molecule has 7 unspecified atom stereocenters. The van der Waals surface area contributed by atoms with Gasteiger partial charge in [-0.3, -0.25) is 4.79 Å². The van der Waals surface area contributed by atoms with Gasteiger partial charge in [-0.1, -0.05) is 275 Å². The standard InChI is InChI=1S/C62H117NO8/c1-3-5-7-9-11-13-15-17-19-21-23-25-27-28-30-32-34-36-38-40-42-44-46-48-50-52-58(66)63-55(54-70-62-61(69)60(68)59(67)57(53-64)71-62)56(65)51-49-47-45-43-41-39-37-35-33-31-29-26-24-22-20-18-16-14-12-10-8-6-4-2/h23,25,28,30,49,51,55-57,59-62,64-65,67-69H,3-22,24,26-27,29,31-48,50,52-54H2,1-2H3,(H,63,66)/b25-23-,30-28-,51-49+. The van der Waals surface area contributed by atoms with Gasteiger partial charge in [-0.05, 0) is 51.4 Å². The van der Waals surface area contributed by atoms with Gasteiger partial charge in [0.25, 0.3) is 0 Å². The molecule has 418 valence electrons. The maximum absolute atomic E-state index is 13.1. The molecule has 1 heterocycles. The largest absolute Gasteiger partial charge is 0.394 e. The Balaban J connectivity index is 2.21. The van der Waals surface area contributed by atoms with Gasteiger partial charge in [-0.2, -0.15) is 0 Å². The normalized spacial score (nSPS) is 19.5. The minimum Gasteiger partial charge on any atom is -0.394 e. The molecule has 1 fully saturated rings. The maximum Gasteiger partial charge on any atom is 0.220 e. The number of unbranched alkanes of at least 4 members (excludes halogenated alkanes) is 39. The fourth-order valence-electron chi connectivity index (χ4n) is 9.84. The third kappa shape index (κ3) is 41.4. The van der Waals surface area contributed by atoms with E-state index in [2.05, 4.69) is 43.5 Å². The lowest BCUT2D eigenvalue weighted by Crippen LogP contribution is -2.60. The number of amides is 1. The van der Waals surface area contributed by atoms with E-state index in [9.17, 15) is 30.3 Å². The lowest BCUT2D eigenvalue weighted by Gasteiger charge is -2.40. The molecule has 0 aromatic rings. The Labute approximate surface area is 438 Å².